The Hall–Kier alpha value is -2.41. The average Bonchev–Trinajstić information content (AvgIpc) is 3.13. The first-order valence-corrected chi connectivity index (χ1v) is 9.98. The second kappa shape index (κ2) is 10.2. The van der Waals surface area contributed by atoms with Crippen LogP contribution in [0.15, 0.2) is 29.4 Å². The summed E-state index contributed by atoms with van der Waals surface area (Å²) in [6.45, 7) is 4.88. The van der Waals surface area contributed by atoms with Crippen molar-refractivity contribution in [3.05, 3.63) is 30.1 Å². The highest BCUT2D eigenvalue weighted by molar-refractivity contribution is 7.99. The molecule has 1 aliphatic heterocycles. The van der Waals surface area contributed by atoms with Crippen molar-refractivity contribution in [3.63, 3.8) is 0 Å². The highest BCUT2D eigenvalue weighted by Gasteiger charge is 2.18. The number of ether oxygens (including phenoxy) is 1. The van der Waals surface area contributed by atoms with Crippen LogP contribution in [0, 0.1) is 18.2 Å². The molecule has 0 radical (unpaired) electrons. The molecule has 0 bridgehead atoms. The van der Waals surface area contributed by atoms with Gasteiger partial charge in [0, 0.05) is 31.7 Å². The lowest BCUT2D eigenvalue weighted by atomic mass is 10.2. The van der Waals surface area contributed by atoms with Crippen molar-refractivity contribution in [1.29, 1.82) is 0 Å². The molecule has 1 aliphatic rings. The van der Waals surface area contributed by atoms with Gasteiger partial charge in [0.1, 0.15) is 5.82 Å². The summed E-state index contributed by atoms with van der Waals surface area (Å²) in [6, 6.07) is 6.16. The lowest BCUT2D eigenvalue weighted by Crippen LogP contribution is -2.38. The summed E-state index contributed by atoms with van der Waals surface area (Å²) in [5.74, 6) is 2.76. The van der Waals surface area contributed by atoms with E-state index in [-0.39, 0.29) is 24.0 Å². The van der Waals surface area contributed by atoms with E-state index < -0.39 is 0 Å². The predicted octanol–water partition coefficient (Wildman–Crippen LogP) is 1.26. The van der Waals surface area contributed by atoms with Crippen LogP contribution in [0.25, 0.3) is 11.4 Å². The van der Waals surface area contributed by atoms with E-state index in [9.17, 15) is 9.18 Å². The number of halogens is 1. The minimum absolute atomic E-state index is 0.158. The molecule has 3 rings (SSSR count). The third-order valence-corrected chi connectivity index (χ3v) is 5.25. The minimum atomic E-state index is -0.303. The van der Waals surface area contributed by atoms with Crippen LogP contribution in [-0.4, -0.2) is 70.7 Å². The van der Waals surface area contributed by atoms with Crippen LogP contribution in [-0.2, 0) is 16.1 Å². The van der Waals surface area contributed by atoms with E-state index in [1.54, 1.807) is 12.1 Å². The molecule has 0 spiro atoms. The fourth-order valence-corrected chi connectivity index (χ4v) is 3.60. The lowest BCUT2D eigenvalue weighted by Gasteiger charge is -2.27. The molecule has 0 aliphatic carbocycles. The molecule has 0 atom stereocenters. The Labute approximate surface area is 167 Å². The Morgan fingerprint density at radius 3 is 2.71 bits per heavy atom. The Morgan fingerprint density at radius 1 is 1.25 bits per heavy atom. The molecule has 1 amide bonds. The van der Waals surface area contributed by atoms with Crippen molar-refractivity contribution in [1.82, 2.24) is 25.0 Å². The first-order valence-electron chi connectivity index (χ1n) is 8.99. The molecular formula is C19H22FN5O2S. The van der Waals surface area contributed by atoms with Gasteiger partial charge in [-0.3, -0.25) is 9.69 Å². The maximum absolute atomic E-state index is 13.3. The Balaban J connectivity index is 1.75. The van der Waals surface area contributed by atoms with E-state index in [1.165, 1.54) is 23.9 Å². The van der Waals surface area contributed by atoms with Gasteiger partial charge in [0.2, 0.25) is 5.91 Å². The zero-order valence-corrected chi connectivity index (χ0v) is 16.3. The number of hydrogen-bond acceptors (Lipinski definition) is 6. The third-order valence-electron chi connectivity index (χ3n) is 4.28. The van der Waals surface area contributed by atoms with Gasteiger partial charge >= 0.3 is 0 Å². The number of thioether (sulfide) groups is 1. The molecule has 2 aromatic rings. The normalized spacial score (nSPS) is 14.6. The van der Waals surface area contributed by atoms with Crippen molar-refractivity contribution in [3.8, 4) is 23.7 Å². The molecule has 1 saturated heterocycles. The quantitative estimate of drug-likeness (QED) is 0.529. The maximum Gasteiger partial charge on any atom is 0.231 e. The van der Waals surface area contributed by atoms with Gasteiger partial charge in [-0.2, -0.15) is 0 Å². The second-order valence-corrected chi connectivity index (χ2v) is 7.13. The van der Waals surface area contributed by atoms with Gasteiger partial charge in [-0.25, -0.2) is 4.39 Å². The maximum atomic E-state index is 13.3. The fraction of sp³-hybridized carbons (Fsp3) is 0.421. The van der Waals surface area contributed by atoms with Crippen LogP contribution in [0.5, 0.6) is 0 Å². The lowest BCUT2D eigenvalue weighted by molar-refractivity contribution is -0.118. The van der Waals surface area contributed by atoms with Gasteiger partial charge in [0.15, 0.2) is 11.0 Å². The van der Waals surface area contributed by atoms with Crippen molar-refractivity contribution in [2.45, 2.75) is 11.7 Å². The molecule has 28 heavy (non-hydrogen) atoms. The highest BCUT2D eigenvalue weighted by Crippen LogP contribution is 2.24. The number of terminal acetylenes is 1. The number of nitrogens with zero attached hydrogens (tertiary/aromatic N) is 4. The van der Waals surface area contributed by atoms with Crippen molar-refractivity contribution < 1.29 is 13.9 Å². The number of carbonyl (C=O) groups excluding carboxylic acids is 1. The highest BCUT2D eigenvalue weighted by atomic mass is 32.2. The zero-order valence-electron chi connectivity index (χ0n) is 15.4. The van der Waals surface area contributed by atoms with Gasteiger partial charge in [-0.15, -0.1) is 16.6 Å². The molecule has 0 saturated carbocycles. The van der Waals surface area contributed by atoms with Crippen LogP contribution in [0.1, 0.15) is 0 Å². The molecule has 0 unspecified atom stereocenters. The Morgan fingerprint density at radius 2 is 2.00 bits per heavy atom. The SMILES string of the molecule is C#CCNC(=O)CSc1nnc(-c2ccc(F)cc2)n1CCN1CCOCC1. The zero-order chi connectivity index (χ0) is 19.8. The average molecular weight is 403 g/mol. The molecule has 148 valence electrons. The Kier molecular flexibility index (Phi) is 7.42. The summed E-state index contributed by atoms with van der Waals surface area (Å²) < 4.78 is 20.7. The molecular weight excluding hydrogens is 381 g/mol. The number of carbonyl (C=O) groups is 1. The molecule has 9 heteroatoms. The molecule has 2 heterocycles. The Bertz CT molecular complexity index is 828. The molecule has 1 aromatic carbocycles. The van der Waals surface area contributed by atoms with Crippen LogP contribution >= 0.6 is 11.8 Å². The smallest absolute Gasteiger partial charge is 0.231 e. The fourth-order valence-electron chi connectivity index (χ4n) is 2.81. The first kappa shape index (κ1) is 20.3. The number of rotatable bonds is 8. The first-order chi connectivity index (χ1) is 13.7. The number of morpholine rings is 1. The van der Waals surface area contributed by atoms with Crippen molar-refractivity contribution in [2.24, 2.45) is 0 Å². The van der Waals surface area contributed by atoms with Gasteiger partial charge in [0.05, 0.1) is 25.5 Å². The van der Waals surface area contributed by atoms with Crippen LogP contribution < -0.4 is 5.32 Å². The number of benzene rings is 1. The summed E-state index contributed by atoms with van der Waals surface area (Å²) in [6.07, 6.45) is 5.16. The van der Waals surface area contributed by atoms with Gasteiger partial charge in [-0.05, 0) is 24.3 Å². The van der Waals surface area contributed by atoms with Crippen molar-refractivity contribution in [2.75, 3.05) is 45.1 Å². The van der Waals surface area contributed by atoms with E-state index in [0.29, 0.717) is 17.5 Å². The number of amides is 1. The number of nitrogens with one attached hydrogen (secondary N) is 1. The van der Waals surface area contributed by atoms with Gasteiger partial charge < -0.3 is 14.6 Å². The summed E-state index contributed by atoms with van der Waals surface area (Å²) >= 11 is 1.30. The van der Waals surface area contributed by atoms with E-state index in [0.717, 1.165) is 38.4 Å². The monoisotopic (exact) mass is 403 g/mol. The van der Waals surface area contributed by atoms with E-state index >= 15 is 0 Å². The van der Waals surface area contributed by atoms with Crippen LogP contribution in [0.2, 0.25) is 0 Å². The van der Waals surface area contributed by atoms with Gasteiger partial charge in [0.25, 0.3) is 0 Å². The third kappa shape index (κ3) is 5.55. The second-order valence-electron chi connectivity index (χ2n) is 6.19. The molecule has 7 nitrogen and oxygen atoms in total. The minimum Gasteiger partial charge on any atom is -0.379 e. The topological polar surface area (TPSA) is 72.3 Å². The van der Waals surface area contributed by atoms with Gasteiger partial charge in [-0.1, -0.05) is 17.7 Å². The van der Waals surface area contributed by atoms with Crippen LogP contribution in [0.4, 0.5) is 4.39 Å². The molecule has 1 aromatic heterocycles. The van der Waals surface area contributed by atoms with E-state index in [1.807, 2.05) is 4.57 Å². The number of aromatic nitrogens is 3. The van der Waals surface area contributed by atoms with E-state index in [4.69, 9.17) is 11.2 Å². The standard InChI is InChI=1S/C19H22FN5O2S/c1-2-7-21-17(26)14-28-19-23-22-18(15-3-5-16(20)6-4-15)25(19)9-8-24-10-12-27-13-11-24/h1,3-6H,7-14H2,(H,21,26). The molecule has 1 fully saturated rings. The molecule has 1 N–H and O–H groups in total. The largest absolute Gasteiger partial charge is 0.379 e. The van der Waals surface area contributed by atoms with E-state index in [2.05, 4.69) is 26.3 Å². The summed E-state index contributed by atoms with van der Waals surface area (Å²) in [5.41, 5.74) is 0.777. The summed E-state index contributed by atoms with van der Waals surface area (Å²) in [7, 11) is 0. The predicted molar refractivity (Wildman–Crippen MR) is 105 cm³/mol. The van der Waals surface area contributed by atoms with Crippen molar-refractivity contribution >= 4 is 17.7 Å². The summed E-state index contributed by atoms with van der Waals surface area (Å²) in [4.78, 5) is 14.2. The number of hydrogen-bond donors (Lipinski definition) is 1. The summed E-state index contributed by atoms with van der Waals surface area (Å²) in [5, 5.41) is 11.8. The van der Waals surface area contributed by atoms with Crippen LogP contribution in [0.3, 0.4) is 0 Å².